The number of nitrogens with zero attached hydrogens (tertiary/aromatic N) is 5. The molecule has 0 saturated heterocycles. The number of nitriles is 1. The van der Waals surface area contributed by atoms with Crippen LogP contribution in [0.4, 0.5) is 11.4 Å². The number of aliphatic hydroxyl groups is 1. The number of benzene rings is 2. The molecule has 3 aromatic rings. The number of carbonyl (C=O) groups is 1. The first-order valence-corrected chi connectivity index (χ1v) is 11.5. The molecule has 12 heteroatoms. The Morgan fingerprint density at radius 3 is 2.54 bits per heavy atom. The number of anilines is 1. The number of carboxylic acid groups (broad SMARTS) is 1. The van der Waals surface area contributed by atoms with E-state index in [0.717, 1.165) is 17.6 Å². The molecule has 0 spiro atoms. The summed E-state index contributed by atoms with van der Waals surface area (Å²) in [4.78, 5) is 16.9. The fraction of sp³-hybridized carbons (Fsp3) is 0.240. The molecule has 0 fully saturated rings. The Kier molecular flexibility index (Phi) is 11.1. The number of aliphatic hydroxyl groups excluding tert-OH is 1. The molecule has 1 aromatic heterocycles. The van der Waals surface area contributed by atoms with Gasteiger partial charge in [0.25, 0.3) is 0 Å². The summed E-state index contributed by atoms with van der Waals surface area (Å²) in [5.41, 5.74) is 2.06. The fourth-order valence-corrected chi connectivity index (χ4v) is 4.09. The van der Waals surface area contributed by atoms with Gasteiger partial charge in [-0.25, -0.2) is 0 Å². The number of nitrogens with one attached hydrogen (secondary N) is 1. The van der Waals surface area contributed by atoms with Crippen molar-refractivity contribution in [3.05, 3.63) is 70.8 Å². The van der Waals surface area contributed by atoms with Crippen LogP contribution in [0.1, 0.15) is 24.2 Å². The predicted octanol–water partition coefficient (Wildman–Crippen LogP) is -1.48. The summed E-state index contributed by atoms with van der Waals surface area (Å²) in [6, 6.07) is 15.4. The number of carbonyl (C=O) groups excluding carboxylic acids is 1. The Morgan fingerprint density at radius 2 is 1.95 bits per heavy atom. The van der Waals surface area contributed by atoms with E-state index in [1.165, 1.54) is 4.90 Å². The normalized spacial score (nSPS) is 11.5. The summed E-state index contributed by atoms with van der Waals surface area (Å²) in [5, 5.41) is 45.8. The van der Waals surface area contributed by atoms with E-state index >= 15 is 0 Å². The van der Waals surface area contributed by atoms with Gasteiger partial charge >= 0.3 is 34.3 Å². The summed E-state index contributed by atoms with van der Waals surface area (Å²) in [5.74, 6) is -1.02. The van der Waals surface area contributed by atoms with Crippen LogP contribution in [0, 0.1) is 23.0 Å². The molecule has 0 saturated carbocycles. The van der Waals surface area contributed by atoms with Crippen LogP contribution in [-0.2, 0) is 11.8 Å². The molecule has 0 aliphatic rings. The van der Waals surface area contributed by atoms with Crippen molar-refractivity contribution in [3.8, 4) is 11.8 Å². The zero-order valence-corrected chi connectivity index (χ0v) is 23.7. The molecular weight excluding hydrogens is 503 g/mol. The smallest absolute Gasteiger partial charge is 0.862 e. The maximum atomic E-state index is 12.5. The number of hydrogen-bond donors (Lipinski definition) is 2. The average molecular weight is 529 g/mol. The molecule has 1 heterocycles. The predicted molar refractivity (Wildman–Crippen MR) is 133 cm³/mol. The van der Waals surface area contributed by atoms with E-state index in [-0.39, 0.29) is 54.2 Å². The second-order valence-electron chi connectivity index (χ2n) is 7.95. The molecule has 0 aliphatic carbocycles. The molecule has 37 heavy (non-hydrogen) atoms. The van der Waals surface area contributed by atoms with Gasteiger partial charge in [-0.05, 0) is 67.4 Å². The summed E-state index contributed by atoms with van der Waals surface area (Å²) >= 11 is 5.34. The summed E-state index contributed by atoms with van der Waals surface area (Å²) in [7, 11) is 1.86. The summed E-state index contributed by atoms with van der Waals surface area (Å²) in [6.07, 6.45) is 1.37. The van der Waals surface area contributed by atoms with Crippen LogP contribution >= 0.6 is 12.2 Å². The number of aromatic amines is 1. The van der Waals surface area contributed by atoms with Crippen LogP contribution in [0.25, 0.3) is 11.4 Å². The molecule has 0 unspecified atom stereocenters. The summed E-state index contributed by atoms with van der Waals surface area (Å²) in [6.45, 7) is 1.69. The first kappa shape index (κ1) is 29.8. The molecule has 0 amide bonds. The van der Waals surface area contributed by atoms with E-state index < -0.39 is 12.5 Å². The molecule has 3 rings (SSSR count). The van der Waals surface area contributed by atoms with Crippen LogP contribution < -0.4 is 49.2 Å². The van der Waals surface area contributed by atoms with E-state index in [9.17, 15) is 20.1 Å². The van der Waals surface area contributed by atoms with E-state index in [0.29, 0.717) is 28.1 Å². The Hall–Kier alpha value is -3.43. The maximum absolute atomic E-state index is 12.5. The van der Waals surface area contributed by atoms with Crippen molar-refractivity contribution in [2.75, 3.05) is 18.0 Å². The molecule has 10 nitrogen and oxygen atoms in total. The molecule has 0 aliphatic heterocycles. The van der Waals surface area contributed by atoms with Gasteiger partial charge in [-0.1, -0.05) is 12.1 Å². The molecule has 0 bridgehead atoms. The molecule has 2 N–H and O–H groups in total. The minimum atomic E-state index is -1.31. The van der Waals surface area contributed by atoms with Gasteiger partial charge < -0.3 is 25.0 Å². The number of hydrogen-bond acceptors (Lipinski definition) is 8. The number of H-pyrrole nitrogens is 1. The topological polar surface area (TPSA) is 147 Å². The maximum Gasteiger partial charge on any atom is 1.00 e. The largest absolute Gasteiger partial charge is 1.00 e. The zero-order chi connectivity index (χ0) is 26.2. The number of aliphatic carboxylic acids is 1. The van der Waals surface area contributed by atoms with Crippen LogP contribution in [0.5, 0.6) is 0 Å². The van der Waals surface area contributed by atoms with Gasteiger partial charge in [0, 0.05) is 24.7 Å². The second kappa shape index (κ2) is 13.8. The van der Waals surface area contributed by atoms with Crippen molar-refractivity contribution in [3.63, 3.8) is 0 Å². The number of aliphatic imine (C=N–C) groups is 1. The van der Waals surface area contributed by atoms with E-state index in [4.69, 9.17) is 17.5 Å². The third-order valence-electron chi connectivity index (χ3n) is 5.50. The van der Waals surface area contributed by atoms with Crippen molar-refractivity contribution < 1.29 is 54.2 Å². The van der Waals surface area contributed by atoms with Crippen molar-refractivity contribution in [2.24, 2.45) is 12.0 Å². The Morgan fingerprint density at radius 1 is 1.27 bits per heavy atom. The SMILES string of the molecule is Cc1n(C)[nH]c(=S)[n+]1-c1ccc(N=C([O-])CCCN(CC(=O)[O-])c2ccccc2/C(O)=C/C#N)cc1.[Na+]. The van der Waals surface area contributed by atoms with E-state index in [1.807, 2.05) is 35.4 Å². The Labute approximate surface area is 241 Å². The number of allylic oxidation sites excluding steroid dienone is 1. The van der Waals surface area contributed by atoms with Gasteiger partial charge in [0.1, 0.15) is 11.4 Å². The van der Waals surface area contributed by atoms with Crippen molar-refractivity contribution in [1.29, 1.82) is 5.26 Å². The van der Waals surface area contributed by atoms with Crippen LogP contribution in [-0.4, -0.2) is 39.8 Å². The van der Waals surface area contributed by atoms with Gasteiger partial charge in [-0.3, -0.25) is 4.99 Å². The fourth-order valence-electron chi connectivity index (χ4n) is 3.72. The Bertz CT molecular complexity index is 1410. The molecule has 0 atom stereocenters. The van der Waals surface area contributed by atoms with E-state index in [1.54, 1.807) is 42.5 Å². The number of para-hydroxylation sites is 1. The van der Waals surface area contributed by atoms with Crippen LogP contribution in [0.2, 0.25) is 0 Å². The third kappa shape index (κ3) is 7.77. The third-order valence-corrected chi connectivity index (χ3v) is 5.77. The quantitative estimate of drug-likeness (QED) is 0.0621. The monoisotopic (exact) mass is 528 g/mol. The number of aromatic nitrogens is 3. The standard InChI is InChI=1S/C25H26N6O4S.Na/c1-17-29(2)28-25(36)31(17)19-11-9-18(10-12-19)27-23(33)8-5-15-30(16-24(34)35)21-7-4-3-6-20(21)22(32)13-14-26;/h3-4,6-7,9-13H,5,8,15-16H2,1-2H3,(H3-,27,28,32,33,34,35,36);/q;+1/p-1/b22-13-;. The average Bonchev–Trinajstić information content (AvgIpc) is 3.10. The first-order valence-electron chi connectivity index (χ1n) is 11.1. The zero-order valence-electron chi connectivity index (χ0n) is 20.8. The van der Waals surface area contributed by atoms with Crippen LogP contribution in [0.3, 0.4) is 0 Å². The van der Waals surface area contributed by atoms with Gasteiger partial charge in [0.15, 0.2) is 0 Å². The van der Waals surface area contributed by atoms with Gasteiger partial charge in [0.05, 0.1) is 37.4 Å². The van der Waals surface area contributed by atoms with Gasteiger partial charge in [-0.2, -0.15) is 14.5 Å². The van der Waals surface area contributed by atoms with Crippen LogP contribution in [0.15, 0.2) is 59.6 Å². The number of rotatable bonds is 10. The second-order valence-corrected chi connectivity index (χ2v) is 8.34. The van der Waals surface area contributed by atoms with Gasteiger partial charge in [0.2, 0.25) is 5.82 Å². The Balaban J connectivity index is 0.00000481. The molecule has 2 aromatic carbocycles. The minimum absolute atomic E-state index is 0. The molecule has 0 radical (unpaired) electrons. The van der Waals surface area contributed by atoms with E-state index in [2.05, 4.69) is 10.1 Å². The summed E-state index contributed by atoms with van der Waals surface area (Å²) < 4.78 is 4.23. The van der Waals surface area contributed by atoms with Crippen molar-refractivity contribution in [1.82, 2.24) is 9.78 Å². The van der Waals surface area contributed by atoms with Crippen molar-refractivity contribution >= 4 is 41.2 Å². The van der Waals surface area contributed by atoms with Gasteiger partial charge in [-0.15, -0.1) is 5.10 Å². The molecule has 186 valence electrons. The minimum Gasteiger partial charge on any atom is -0.862 e. The van der Waals surface area contributed by atoms with Crippen molar-refractivity contribution in [2.45, 2.75) is 19.8 Å². The number of aryl methyl sites for hydroxylation is 1. The number of carboxylic acids is 1. The molecular formula is C25H25N6NaO4S. The first-order chi connectivity index (χ1) is 17.2.